The van der Waals surface area contributed by atoms with Crippen LogP contribution in [0.3, 0.4) is 0 Å². The Labute approximate surface area is 177 Å². The van der Waals surface area contributed by atoms with Gasteiger partial charge in [0, 0.05) is 5.33 Å². The van der Waals surface area contributed by atoms with Crippen molar-refractivity contribution in [3.05, 3.63) is 66.2 Å². The molecule has 0 heterocycles. The van der Waals surface area contributed by atoms with Gasteiger partial charge in [-0.1, -0.05) is 103 Å². The quantitative estimate of drug-likeness (QED) is 0.235. The number of rotatable bonds is 11. The molecule has 0 amide bonds. The maximum Gasteiger partial charge on any atom is 0.116 e. The van der Waals surface area contributed by atoms with Gasteiger partial charge in [0.05, 0.1) is 0 Å². The van der Waals surface area contributed by atoms with Gasteiger partial charge in [-0.2, -0.15) is 0 Å². The second-order valence-electron chi connectivity index (χ2n) is 7.63. The predicted octanol–water partition coefficient (Wildman–Crippen LogP) is 8.27. The molecule has 2 heteroatoms. The van der Waals surface area contributed by atoms with E-state index in [1.54, 1.807) is 0 Å². The van der Waals surface area contributed by atoms with Gasteiger partial charge in [-0.15, -0.1) is 0 Å². The van der Waals surface area contributed by atoms with Crippen molar-refractivity contribution in [1.82, 2.24) is 0 Å². The van der Waals surface area contributed by atoms with E-state index < -0.39 is 0 Å². The molecule has 0 aromatic heterocycles. The molecule has 0 fully saturated rings. The van der Waals surface area contributed by atoms with Gasteiger partial charge in [0.25, 0.3) is 0 Å². The summed E-state index contributed by atoms with van der Waals surface area (Å²) in [5, 5.41) is 13.4. The van der Waals surface area contributed by atoms with Gasteiger partial charge in [-0.05, 0) is 58.9 Å². The molecule has 0 saturated carbocycles. The topological polar surface area (TPSA) is 20.2 Å². The SMILES string of the molecule is Oc1ccc2c(CCCCCCCCCCBr)c(-c3ccccc3)ccc2c1. The molecule has 1 nitrogen and oxygen atoms in total. The van der Waals surface area contributed by atoms with E-state index in [2.05, 4.69) is 64.5 Å². The van der Waals surface area contributed by atoms with Crippen molar-refractivity contribution in [3.63, 3.8) is 0 Å². The highest BCUT2D eigenvalue weighted by molar-refractivity contribution is 9.09. The molecule has 0 aliphatic rings. The number of fused-ring (bicyclic) bond motifs is 1. The highest BCUT2D eigenvalue weighted by Crippen LogP contribution is 2.33. The molecule has 0 aliphatic heterocycles. The number of phenolic OH excluding ortho intramolecular Hbond substituents is 1. The fourth-order valence-corrected chi connectivity index (χ4v) is 4.39. The molecule has 28 heavy (non-hydrogen) atoms. The Morgan fingerprint density at radius 2 is 1.36 bits per heavy atom. The van der Waals surface area contributed by atoms with Crippen LogP contribution in [0.15, 0.2) is 60.7 Å². The molecular weight excluding hydrogens is 408 g/mol. The summed E-state index contributed by atoms with van der Waals surface area (Å²) in [6.45, 7) is 0. The van der Waals surface area contributed by atoms with Crippen molar-refractivity contribution in [2.45, 2.75) is 57.8 Å². The van der Waals surface area contributed by atoms with Crippen LogP contribution in [-0.4, -0.2) is 10.4 Å². The minimum atomic E-state index is 0.339. The van der Waals surface area contributed by atoms with Crippen molar-refractivity contribution in [1.29, 1.82) is 0 Å². The fourth-order valence-electron chi connectivity index (χ4n) is 4.00. The Balaban J connectivity index is 1.66. The van der Waals surface area contributed by atoms with Crippen LogP contribution in [0.4, 0.5) is 0 Å². The Morgan fingerprint density at radius 3 is 2.07 bits per heavy atom. The van der Waals surface area contributed by atoms with Crippen LogP contribution >= 0.6 is 15.9 Å². The summed E-state index contributed by atoms with van der Waals surface area (Å²) in [5.41, 5.74) is 4.02. The Kier molecular flexibility index (Phi) is 8.42. The average Bonchev–Trinajstić information content (AvgIpc) is 2.73. The number of aromatic hydroxyl groups is 1. The zero-order chi connectivity index (χ0) is 19.6. The molecule has 1 N–H and O–H groups in total. The lowest BCUT2D eigenvalue weighted by atomic mass is 9.90. The highest BCUT2D eigenvalue weighted by atomic mass is 79.9. The smallest absolute Gasteiger partial charge is 0.116 e. The van der Waals surface area contributed by atoms with E-state index in [0.717, 1.165) is 17.1 Å². The largest absolute Gasteiger partial charge is 0.508 e. The summed E-state index contributed by atoms with van der Waals surface area (Å²) in [6, 6.07) is 20.8. The number of hydrogen-bond acceptors (Lipinski definition) is 1. The number of aryl methyl sites for hydroxylation is 1. The van der Waals surface area contributed by atoms with E-state index >= 15 is 0 Å². The number of phenols is 1. The Bertz CT molecular complexity index is 857. The molecular formula is C26H31BrO. The lowest BCUT2D eigenvalue weighted by Crippen LogP contribution is -1.94. The van der Waals surface area contributed by atoms with Crippen LogP contribution in [0.5, 0.6) is 5.75 Å². The molecule has 3 rings (SSSR count). The Morgan fingerprint density at radius 1 is 0.679 bits per heavy atom. The maximum atomic E-state index is 9.86. The first kappa shape index (κ1) is 20.9. The van der Waals surface area contributed by atoms with Gasteiger partial charge in [0.15, 0.2) is 0 Å². The molecule has 148 valence electrons. The van der Waals surface area contributed by atoms with Gasteiger partial charge >= 0.3 is 0 Å². The summed E-state index contributed by atoms with van der Waals surface area (Å²) in [7, 11) is 0. The number of halogens is 1. The predicted molar refractivity (Wildman–Crippen MR) is 125 cm³/mol. The monoisotopic (exact) mass is 438 g/mol. The minimum absolute atomic E-state index is 0.339. The summed E-state index contributed by atoms with van der Waals surface area (Å²) in [5.74, 6) is 0.339. The van der Waals surface area contributed by atoms with E-state index in [1.807, 2.05) is 12.1 Å². The molecule has 0 saturated heterocycles. The van der Waals surface area contributed by atoms with Crippen LogP contribution in [0.25, 0.3) is 21.9 Å². The molecule has 0 atom stereocenters. The molecule has 0 unspecified atom stereocenters. The van der Waals surface area contributed by atoms with Gasteiger partial charge in [0.2, 0.25) is 0 Å². The summed E-state index contributed by atoms with van der Waals surface area (Å²) >= 11 is 3.50. The lowest BCUT2D eigenvalue weighted by Gasteiger charge is -2.14. The second kappa shape index (κ2) is 11.3. The van der Waals surface area contributed by atoms with Crippen molar-refractivity contribution < 1.29 is 5.11 Å². The third kappa shape index (κ3) is 5.85. The van der Waals surface area contributed by atoms with Crippen LogP contribution in [-0.2, 0) is 6.42 Å². The summed E-state index contributed by atoms with van der Waals surface area (Å²) in [4.78, 5) is 0. The first-order valence-corrected chi connectivity index (χ1v) is 11.8. The van der Waals surface area contributed by atoms with Crippen molar-refractivity contribution >= 4 is 26.7 Å². The van der Waals surface area contributed by atoms with Crippen LogP contribution in [0.1, 0.15) is 56.9 Å². The lowest BCUT2D eigenvalue weighted by molar-refractivity contribution is 0.476. The van der Waals surface area contributed by atoms with E-state index in [4.69, 9.17) is 0 Å². The normalized spacial score (nSPS) is 11.2. The first-order chi connectivity index (χ1) is 13.8. The van der Waals surface area contributed by atoms with E-state index in [-0.39, 0.29) is 0 Å². The number of alkyl halides is 1. The zero-order valence-corrected chi connectivity index (χ0v) is 18.3. The van der Waals surface area contributed by atoms with Gasteiger partial charge in [-0.25, -0.2) is 0 Å². The molecule has 3 aromatic rings. The van der Waals surface area contributed by atoms with Gasteiger partial charge < -0.3 is 5.11 Å². The Hall–Kier alpha value is -1.80. The molecule has 3 aromatic carbocycles. The van der Waals surface area contributed by atoms with Crippen molar-refractivity contribution in [3.8, 4) is 16.9 Å². The molecule has 0 spiro atoms. The minimum Gasteiger partial charge on any atom is -0.508 e. The second-order valence-corrected chi connectivity index (χ2v) is 8.42. The van der Waals surface area contributed by atoms with Crippen LogP contribution in [0, 0.1) is 0 Å². The number of unbranched alkanes of at least 4 members (excludes halogenated alkanes) is 7. The van der Waals surface area contributed by atoms with Crippen LogP contribution < -0.4 is 0 Å². The van der Waals surface area contributed by atoms with Gasteiger partial charge in [-0.3, -0.25) is 0 Å². The third-order valence-corrected chi connectivity index (χ3v) is 6.07. The zero-order valence-electron chi connectivity index (χ0n) is 16.7. The summed E-state index contributed by atoms with van der Waals surface area (Å²) in [6.07, 6.45) is 11.7. The molecule has 0 aliphatic carbocycles. The van der Waals surface area contributed by atoms with E-state index in [1.165, 1.54) is 73.4 Å². The molecule has 0 bridgehead atoms. The first-order valence-electron chi connectivity index (χ1n) is 10.7. The fraction of sp³-hybridized carbons (Fsp3) is 0.385. The number of hydrogen-bond donors (Lipinski definition) is 1. The number of benzene rings is 3. The van der Waals surface area contributed by atoms with Crippen LogP contribution in [0.2, 0.25) is 0 Å². The highest BCUT2D eigenvalue weighted by Gasteiger charge is 2.10. The molecule has 0 radical (unpaired) electrons. The third-order valence-electron chi connectivity index (χ3n) is 5.51. The van der Waals surface area contributed by atoms with Crippen molar-refractivity contribution in [2.75, 3.05) is 5.33 Å². The standard InChI is InChI=1S/C26H31BrO/c27-19-11-6-4-2-1-3-5-10-14-26-24(21-12-8-7-9-13-21)17-15-22-20-23(28)16-18-25(22)26/h7-9,12-13,15-18,20,28H,1-6,10-11,14,19H2. The average molecular weight is 439 g/mol. The van der Waals surface area contributed by atoms with Gasteiger partial charge in [0.1, 0.15) is 5.75 Å². The van der Waals surface area contributed by atoms with E-state index in [9.17, 15) is 5.11 Å². The maximum absolute atomic E-state index is 9.86. The van der Waals surface area contributed by atoms with E-state index in [0.29, 0.717) is 5.75 Å². The summed E-state index contributed by atoms with van der Waals surface area (Å²) < 4.78 is 0. The van der Waals surface area contributed by atoms with Crippen molar-refractivity contribution in [2.24, 2.45) is 0 Å².